The van der Waals surface area contributed by atoms with Gasteiger partial charge in [0.15, 0.2) is 0 Å². The summed E-state index contributed by atoms with van der Waals surface area (Å²) in [4.78, 5) is 11.9. The lowest BCUT2D eigenvalue weighted by atomic mass is 10.1. The van der Waals surface area contributed by atoms with Crippen LogP contribution in [0.5, 0.6) is 0 Å². The molecule has 0 fully saturated rings. The summed E-state index contributed by atoms with van der Waals surface area (Å²) in [7, 11) is 0. The molecule has 0 spiro atoms. The van der Waals surface area contributed by atoms with E-state index in [0.717, 1.165) is 0 Å². The second kappa shape index (κ2) is 6.41. The van der Waals surface area contributed by atoms with Crippen molar-refractivity contribution in [1.29, 1.82) is 0 Å². The number of rotatable bonds is 4. The van der Waals surface area contributed by atoms with E-state index in [1.54, 1.807) is 41.3 Å². The number of carbonyl (C=O) groups excluding carboxylic acids is 1. The van der Waals surface area contributed by atoms with E-state index < -0.39 is 0 Å². The smallest absolute Gasteiger partial charge is 0.238 e. The van der Waals surface area contributed by atoms with Gasteiger partial charge < -0.3 is 5.32 Å². The number of hydrogen-bond donors (Lipinski definition) is 1. The number of carbonyl (C=O) groups is 1. The third-order valence-electron chi connectivity index (χ3n) is 2.81. The molecule has 1 aromatic heterocycles. The minimum atomic E-state index is -0.257. The monoisotopic (exact) mass is 355 g/mol. The summed E-state index contributed by atoms with van der Waals surface area (Å²) >= 11 is 9.61. The van der Waals surface area contributed by atoms with Gasteiger partial charge in [-0.2, -0.15) is 5.10 Å². The molecule has 0 saturated carbocycles. The number of halogens is 2. The third-order valence-corrected chi connectivity index (χ3v) is 4.59. The molecule has 1 heterocycles. The number of hydrogen-bond acceptors (Lipinski definition) is 2. The van der Waals surface area contributed by atoms with E-state index in [4.69, 9.17) is 11.6 Å². The van der Waals surface area contributed by atoms with Crippen molar-refractivity contribution in [3.63, 3.8) is 0 Å². The summed E-state index contributed by atoms with van der Waals surface area (Å²) in [6.07, 6.45) is 3.45. The molecule has 2 aromatic rings. The second-order valence-electron chi connectivity index (χ2n) is 4.72. The number of nitrogens with zero attached hydrogens (tertiary/aromatic N) is 2. The van der Waals surface area contributed by atoms with E-state index in [-0.39, 0.29) is 16.7 Å². The van der Waals surface area contributed by atoms with Gasteiger partial charge in [0.2, 0.25) is 5.91 Å². The Balaban J connectivity index is 2.34. The highest BCUT2D eigenvalue weighted by molar-refractivity contribution is 9.10. The van der Waals surface area contributed by atoms with Crippen LogP contribution in [0.4, 0.5) is 5.69 Å². The molecule has 1 aromatic carbocycles. The molecule has 0 aliphatic carbocycles. The van der Waals surface area contributed by atoms with Gasteiger partial charge in [-0.1, -0.05) is 47.4 Å². The number of anilines is 1. The Kier molecular flexibility index (Phi) is 4.83. The second-order valence-corrected chi connectivity index (χ2v) is 6.12. The molecular weight excluding hydrogens is 342 g/mol. The zero-order valence-electron chi connectivity index (χ0n) is 11.2. The fraction of sp³-hybridized carbons (Fsp3) is 0.286. The molecule has 0 bridgehead atoms. The van der Waals surface area contributed by atoms with E-state index in [1.807, 2.05) is 13.8 Å². The van der Waals surface area contributed by atoms with Crippen LogP contribution in [-0.4, -0.2) is 20.5 Å². The SMILES string of the molecule is CC(C)C(Br)C(=O)Nc1cccc(Cl)c1-n1cccn1. The molecule has 20 heavy (non-hydrogen) atoms. The maximum Gasteiger partial charge on any atom is 0.238 e. The zero-order valence-corrected chi connectivity index (χ0v) is 13.5. The summed E-state index contributed by atoms with van der Waals surface area (Å²) in [6.45, 7) is 3.96. The number of para-hydroxylation sites is 1. The largest absolute Gasteiger partial charge is 0.323 e. The standard InChI is InChI=1S/C14H15BrClN3O/c1-9(2)12(15)14(20)18-11-6-3-5-10(16)13(11)19-8-4-7-17-19/h3-9,12H,1-2H3,(H,18,20). The first-order valence-electron chi connectivity index (χ1n) is 6.24. The Morgan fingerprint density at radius 3 is 2.75 bits per heavy atom. The van der Waals surface area contributed by atoms with Crippen molar-refractivity contribution in [2.24, 2.45) is 5.92 Å². The van der Waals surface area contributed by atoms with Gasteiger partial charge in [0.05, 0.1) is 15.5 Å². The number of amides is 1. The van der Waals surface area contributed by atoms with E-state index in [2.05, 4.69) is 26.3 Å². The molecule has 0 saturated heterocycles. The van der Waals surface area contributed by atoms with Crippen LogP contribution in [0.3, 0.4) is 0 Å². The molecular formula is C14H15BrClN3O. The van der Waals surface area contributed by atoms with Gasteiger partial charge in [0.1, 0.15) is 5.69 Å². The average Bonchev–Trinajstić information content (AvgIpc) is 2.91. The summed E-state index contributed by atoms with van der Waals surface area (Å²) in [6, 6.07) is 7.17. The zero-order chi connectivity index (χ0) is 14.7. The Morgan fingerprint density at radius 2 is 2.15 bits per heavy atom. The number of aromatic nitrogens is 2. The van der Waals surface area contributed by atoms with Crippen LogP contribution in [0.1, 0.15) is 13.8 Å². The lowest BCUT2D eigenvalue weighted by Gasteiger charge is -2.16. The topological polar surface area (TPSA) is 46.9 Å². The fourth-order valence-corrected chi connectivity index (χ4v) is 2.13. The van der Waals surface area contributed by atoms with E-state index in [0.29, 0.717) is 16.4 Å². The van der Waals surface area contributed by atoms with Crippen molar-refractivity contribution >= 4 is 39.1 Å². The molecule has 1 N–H and O–H groups in total. The van der Waals surface area contributed by atoms with E-state index in [9.17, 15) is 4.79 Å². The van der Waals surface area contributed by atoms with Crippen LogP contribution < -0.4 is 5.32 Å². The van der Waals surface area contributed by atoms with Gasteiger partial charge >= 0.3 is 0 Å². The van der Waals surface area contributed by atoms with Gasteiger partial charge in [-0.3, -0.25) is 4.79 Å². The highest BCUT2D eigenvalue weighted by atomic mass is 79.9. The van der Waals surface area contributed by atoms with Crippen molar-refractivity contribution in [3.05, 3.63) is 41.7 Å². The average molecular weight is 357 g/mol. The van der Waals surface area contributed by atoms with Crippen LogP contribution in [0.15, 0.2) is 36.7 Å². The molecule has 1 atom stereocenters. The first-order chi connectivity index (χ1) is 9.50. The maximum absolute atomic E-state index is 12.2. The van der Waals surface area contributed by atoms with Crippen molar-refractivity contribution in [2.75, 3.05) is 5.32 Å². The predicted molar refractivity (Wildman–Crippen MR) is 84.8 cm³/mol. The van der Waals surface area contributed by atoms with Gasteiger partial charge in [0, 0.05) is 12.4 Å². The van der Waals surface area contributed by atoms with Crippen molar-refractivity contribution in [2.45, 2.75) is 18.7 Å². The van der Waals surface area contributed by atoms with Gasteiger partial charge in [-0.15, -0.1) is 0 Å². The lowest BCUT2D eigenvalue weighted by Crippen LogP contribution is -2.27. The van der Waals surface area contributed by atoms with E-state index in [1.165, 1.54) is 0 Å². The van der Waals surface area contributed by atoms with Crippen molar-refractivity contribution in [3.8, 4) is 5.69 Å². The van der Waals surface area contributed by atoms with Gasteiger partial charge in [0.25, 0.3) is 0 Å². The molecule has 2 rings (SSSR count). The summed E-state index contributed by atoms with van der Waals surface area (Å²) in [5, 5.41) is 7.58. The minimum Gasteiger partial charge on any atom is -0.323 e. The maximum atomic E-state index is 12.2. The van der Waals surface area contributed by atoms with Crippen LogP contribution in [0, 0.1) is 5.92 Å². The van der Waals surface area contributed by atoms with Crippen LogP contribution in [0.2, 0.25) is 5.02 Å². The Bertz CT molecular complexity index is 598. The summed E-state index contributed by atoms with van der Waals surface area (Å²) in [5.41, 5.74) is 1.30. The third kappa shape index (κ3) is 3.22. The number of benzene rings is 1. The van der Waals surface area contributed by atoms with Crippen molar-refractivity contribution in [1.82, 2.24) is 9.78 Å². The van der Waals surface area contributed by atoms with Gasteiger partial charge in [-0.05, 0) is 24.1 Å². The Hall–Kier alpha value is -1.33. The van der Waals surface area contributed by atoms with Gasteiger partial charge in [-0.25, -0.2) is 4.68 Å². The predicted octanol–water partition coefficient (Wildman–Crippen LogP) is 3.88. The fourth-order valence-electron chi connectivity index (χ4n) is 1.75. The van der Waals surface area contributed by atoms with Crippen LogP contribution >= 0.6 is 27.5 Å². The molecule has 6 heteroatoms. The Labute approximate surface area is 131 Å². The van der Waals surface area contributed by atoms with E-state index >= 15 is 0 Å². The number of alkyl halides is 1. The first-order valence-corrected chi connectivity index (χ1v) is 7.53. The highest BCUT2D eigenvalue weighted by Gasteiger charge is 2.20. The Morgan fingerprint density at radius 1 is 1.40 bits per heavy atom. The highest BCUT2D eigenvalue weighted by Crippen LogP contribution is 2.28. The van der Waals surface area contributed by atoms with Crippen molar-refractivity contribution < 1.29 is 4.79 Å². The minimum absolute atomic E-state index is 0.101. The summed E-state index contributed by atoms with van der Waals surface area (Å²) in [5.74, 6) is 0.0954. The normalized spacial score (nSPS) is 12.4. The van der Waals surface area contributed by atoms with Crippen LogP contribution in [0.25, 0.3) is 5.69 Å². The number of nitrogens with one attached hydrogen (secondary N) is 1. The van der Waals surface area contributed by atoms with Crippen LogP contribution in [-0.2, 0) is 4.79 Å². The summed E-state index contributed by atoms with van der Waals surface area (Å²) < 4.78 is 1.64. The quantitative estimate of drug-likeness (QED) is 0.845. The molecule has 1 unspecified atom stereocenters. The lowest BCUT2D eigenvalue weighted by molar-refractivity contribution is -0.116. The molecule has 0 radical (unpaired) electrons. The molecule has 0 aliphatic rings. The molecule has 4 nitrogen and oxygen atoms in total. The first kappa shape index (κ1) is 15.1. The molecule has 0 aliphatic heterocycles. The molecule has 106 valence electrons. The molecule has 1 amide bonds.